The highest BCUT2D eigenvalue weighted by atomic mass is 16.2. The summed E-state index contributed by atoms with van der Waals surface area (Å²) in [6.07, 6.45) is 2.32. The first-order valence-electron chi connectivity index (χ1n) is 6.70. The van der Waals surface area contributed by atoms with E-state index >= 15 is 0 Å². The maximum atomic E-state index is 12.0. The van der Waals surface area contributed by atoms with Crippen LogP contribution in [0.5, 0.6) is 0 Å². The summed E-state index contributed by atoms with van der Waals surface area (Å²) in [5, 5.41) is 0. The molecular formula is C15H24N2O. The molecule has 0 radical (unpaired) electrons. The van der Waals surface area contributed by atoms with Crippen molar-refractivity contribution in [3.05, 3.63) is 35.4 Å². The molecule has 1 rings (SSSR count). The maximum Gasteiger partial charge on any atom is 0.222 e. The first-order chi connectivity index (χ1) is 8.67. The second-order valence-electron chi connectivity index (χ2n) is 4.69. The number of carbonyl (C=O) groups is 1. The van der Waals surface area contributed by atoms with Crippen LogP contribution in [0.1, 0.15) is 37.3 Å². The van der Waals surface area contributed by atoms with Crippen LogP contribution in [0.25, 0.3) is 0 Å². The van der Waals surface area contributed by atoms with Crippen LogP contribution in [-0.4, -0.2) is 23.9 Å². The molecule has 18 heavy (non-hydrogen) atoms. The molecule has 0 atom stereocenters. The number of benzene rings is 1. The van der Waals surface area contributed by atoms with E-state index in [1.54, 1.807) is 0 Å². The topological polar surface area (TPSA) is 46.3 Å². The fourth-order valence-corrected chi connectivity index (χ4v) is 1.89. The van der Waals surface area contributed by atoms with E-state index in [4.69, 9.17) is 5.73 Å². The zero-order valence-electron chi connectivity index (χ0n) is 11.5. The predicted octanol–water partition coefficient (Wildman–Crippen LogP) is 2.47. The first kappa shape index (κ1) is 14.7. The summed E-state index contributed by atoms with van der Waals surface area (Å²) in [6, 6.07) is 8.36. The zero-order valence-corrected chi connectivity index (χ0v) is 11.5. The highest BCUT2D eigenvalue weighted by molar-refractivity contribution is 5.76. The van der Waals surface area contributed by atoms with Crippen LogP contribution in [0.15, 0.2) is 24.3 Å². The molecule has 100 valence electrons. The molecule has 3 nitrogen and oxygen atoms in total. The van der Waals surface area contributed by atoms with Crippen molar-refractivity contribution in [2.45, 2.75) is 39.7 Å². The van der Waals surface area contributed by atoms with Crippen molar-refractivity contribution in [3.63, 3.8) is 0 Å². The summed E-state index contributed by atoms with van der Waals surface area (Å²) >= 11 is 0. The molecule has 0 aromatic heterocycles. The molecule has 0 heterocycles. The lowest BCUT2D eigenvalue weighted by atomic mass is 10.1. The standard InChI is InChI=1S/C15H24N2O/c1-3-11-17(15(18)5-4-10-16)12-14-8-6-13(2)7-9-14/h6-9H,3-5,10-12,16H2,1-2H3. The number of hydrogen-bond acceptors (Lipinski definition) is 2. The van der Waals surface area contributed by atoms with Gasteiger partial charge in [-0.2, -0.15) is 0 Å². The number of nitrogens with zero attached hydrogens (tertiary/aromatic N) is 1. The van der Waals surface area contributed by atoms with E-state index < -0.39 is 0 Å². The Morgan fingerprint density at radius 2 is 1.94 bits per heavy atom. The Hall–Kier alpha value is -1.35. The number of aryl methyl sites for hydroxylation is 1. The van der Waals surface area contributed by atoms with Crippen LogP contribution in [0, 0.1) is 6.92 Å². The van der Waals surface area contributed by atoms with Gasteiger partial charge in [-0.3, -0.25) is 4.79 Å². The van der Waals surface area contributed by atoms with Gasteiger partial charge in [-0.15, -0.1) is 0 Å². The van der Waals surface area contributed by atoms with E-state index in [1.165, 1.54) is 11.1 Å². The van der Waals surface area contributed by atoms with Crippen molar-refractivity contribution in [2.24, 2.45) is 5.73 Å². The van der Waals surface area contributed by atoms with Crippen LogP contribution in [0.2, 0.25) is 0 Å². The summed E-state index contributed by atoms with van der Waals surface area (Å²) in [7, 11) is 0. The average Bonchev–Trinajstić information content (AvgIpc) is 2.38. The Kier molecular flexibility index (Phi) is 6.44. The molecule has 0 saturated heterocycles. The minimum Gasteiger partial charge on any atom is -0.338 e. The molecule has 0 aliphatic carbocycles. The molecule has 0 spiro atoms. The second kappa shape index (κ2) is 7.88. The van der Waals surface area contributed by atoms with Gasteiger partial charge in [-0.25, -0.2) is 0 Å². The van der Waals surface area contributed by atoms with Gasteiger partial charge in [0.05, 0.1) is 0 Å². The van der Waals surface area contributed by atoms with E-state index in [2.05, 4.69) is 38.1 Å². The Morgan fingerprint density at radius 1 is 1.28 bits per heavy atom. The third-order valence-electron chi connectivity index (χ3n) is 2.94. The van der Waals surface area contributed by atoms with Gasteiger partial charge in [-0.05, 0) is 31.9 Å². The fraction of sp³-hybridized carbons (Fsp3) is 0.533. The normalized spacial score (nSPS) is 10.4. The molecule has 1 aromatic rings. The number of amides is 1. The molecule has 0 fully saturated rings. The largest absolute Gasteiger partial charge is 0.338 e. The molecule has 0 bridgehead atoms. The van der Waals surface area contributed by atoms with Gasteiger partial charge >= 0.3 is 0 Å². The van der Waals surface area contributed by atoms with Crippen molar-refractivity contribution >= 4 is 5.91 Å². The van der Waals surface area contributed by atoms with Crippen molar-refractivity contribution in [1.29, 1.82) is 0 Å². The molecule has 3 heteroatoms. The summed E-state index contributed by atoms with van der Waals surface area (Å²) in [5.41, 5.74) is 7.88. The number of hydrogen-bond donors (Lipinski definition) is 1. The minimum absolute atomic E-state index is 0.211. The summed E-state index contributed by atoms with van der Waals surface area (Å²) in [5.74, 6) is 0.211. The maximum absolute atomic E-state index is 12.0. The zero-order chi connectivity index (χ0) is 13.4. The summed E-state index contributed by atoms with van der Waals surface area (Å²) in [6.45, 7) is 6.27. The van der Waals surface area contributed by atoms with E-state index in [1.807, 2.05) is 4.90 Å². The molecule has 1 aromatic carbocycles. The molecule has 1 amide bonds. The van der Waals surface area contributed by atoms with E-state index in [0.717, 1.165) is 19.4 Å². The third-order valence-corrected chi connectivity index (χ3v) is 2.94. The molecule has 0 unspecified atom stereocenters. The van der Waals surface area contributed by atoms with Crippen LogP contribution in [-0.2, 0) is 11.3 Å². The van der Waals surface area contributed by atoms with Gasteiger partial charge < -0.3 is 10.6 Å². The summed E-state index contributed by atoms with van der Waals surface area (Å²) in [4.78, 5) is 14.0. The Morgan fingerprint density at radius 3 is 2.50 bits per heavy atom. The van der Waals surface area contributed by atoms with Crippen molar-refractivity contribution in [1.82, 2.24) is 4.90 Å². The lowest BCUT2D eigenvalue weighted by molar-refractivity contribution is -0.131. The van der Waals surface area contributed by atoms with Crippen LogP contribution in [0.4, 0.5) is 0 Å². The van der Waals surface area contributed by atoms with E-state index in [0.29, 0.717) is 19.5 Å². The molecule has 0 saturated carbocycles. The van der Waals surface area contributed by atoms with Crippen molar-refractivity contribution in [3.8, 4) is 0 Å². The second-order valence-corrected chi connectivity index (χ2v) is 4.69. The summed E-state index contributed by atoms with van der Waals surface area (Å²) < 4.78 is 0. The SMILES string of the molecule is CCCN(Cc1ccc(C)cc1)C(=O)CCCN. The van der Waals surface area contributed by atoms with Gasteiger partial charge in [0, 0.05) is 19.5 Å². The Bertz CT molecular complexity index is 359. The Balaban J connectivity index is 2.61. The third kappa shape index (κ3) is 4.88. The van der Waals surface area contributed by atoms with Gasteiger partial charge in [0.15, 0.2) is 0 Å². The van der Waals surface area contributed by atoms with Gasteiger partial charge in [0.2, 0.25) is 5.91 Å². The van der Waals surface area contributed by atoms with Crippen LogP contribution < -0.4 is 5.73 Å². The van der Waals surface area contributed by atoms with Crippen molar-refractivity contribution < 1.29 is 4.79 Å². The number of nitrogens with two attached hydrogens (primary N) is 1. The highest BCUT2D eigenvalue weighted by Crippen LogP contribution is 2.09. The smallest absolute Gasteiger partial charge is 0.222 e. The predicted molar refractivity (Wildman–Crippen MR) is 75.2 cm³/mol. The van der Waals surface area contributed by atoms with Gasteiger partial charge in [0.1, 0.15) is 0 Å². The molecular weight excluding hydrogens is 224 g/mol. The van der Waals surface area contributed by atoms with E-state index in [-0.39, 0.29) is 5.91 Å². The van der Waals surface area contributed by atoms with Gasteiger partial charge in [0.25, 0.3) is 0 Å². The molecule has 0 aliphatic heterocycles. The lowest BCUT2D eigenvalue weighted by Crippen LogP contribution is -2.31. The van der Waals surface area contributed by atoms with Crippen LogP contribution >= 0.6 is 0 Å². The minimum atomic E-state index is 0.211. The van der Waals surface area contributed by atoms with Crippen molar-refractivity contribution in [2.75, 3.05) is 13.1 Å². The highest BCUT2D eigenvalue weighted by Gasteiger charge is 2.12. The monoisotopic (exact) mass is 248 g/mol. The first-order valence-corrected chi connectivity index (χ1v) is 6.70. The van der Waals surface area contributed by atoms with E-state index in [9.17, 15) is 4.79 Å². The molecule has 0 aliphatic rings. The number of carbonyl (C=O) groups excluding carboxylic acids is 1. The quantitative estimate of drug-likeness (QED) is 0.805. The van der Waals surface area contributed by atoms with Crippen LogP contribution in [0.3, 0.4) is 0 Å². The average molecular weight is 248 g/mol. The Labute approximate surface area is 110 Å². The number of rotatable bonds is 7. The molecule has 2 N–H and O–H groups in total. The lowest BCUT2D eigenvalue weighted by Gasteiger charge is -2.22. The fourth-order valence-electron chi connectivity index (χ4n) is 1.89. The van der Waals surface area contributed by atoms with Gasteiger partial charge in [-0.1, -0.05) is 36.8 Å².